The van der Waals surface area contributed by atoms with Crippen LogP contribution in [0.5, 0.6) is 0 Å². The molecule has 3 atom stereocenters. The number of carboxylic acids is 3. The molecule has 3 unspecified atom stereocenters. The van der Waals surface area contributed by atoms with E-state index in [0.717, 1.165) is 0 Å². The van der Waals surface area contributed by atoms with Crippen molar-refractivity contribution in [1.29, 1.82) is 0 Å². The zero-order valence-electron chi connectivity index (χ0n) is 15.3. The third-order valence-electron chi connectivity index (χ3n) is 3.52. The zero-order valence-corrected chi connectivity index (χ0v) is 15.3. The Bertz CT molecular complexity index is 639. The highest BCUT2D eigenvalue weighted by atomic mass is 16.4. The summed E-state index contributed by atoms with van der Waals surface area (Å²) in [5, 5.41) is 41.4. The number of carbonyl (C=O) groups excluding carboxylic acids is 3. The Morgan fingerprint density at radius 1 is 0.793 bits per heavy atom. The van der Waals surface area contributed by atoms with Crippen LogP contribution in [0.25, 0.3) is 0 Å². The van der Waals surface area contributed by atoms with Crippen LogP contribution in [0.4, 0.5) is 0 Å². The number of aliphatic hydroxyl groups is 1. The summed E-state index contributed by atoms with van der Waals surface area (Å²) in [5.41, 5.74) is 5.47. The SMILES string of the molecule is NC(CCC(=O)O)C(=O)NC(CO)C(=O)NCC(=O)NC(CCC(=O)O)C(=O)O. The highest BCUT2D eigenvalue weighted by Crippen LogP contribution is 1.98. The molecular formula is C15H24N4O10. The number of aliphatic hydroxyl groups excluding tert-OH is 1. The zero-order chi connectivity index (χ0) is 22.6. The first-order chi connectivity index (χ1) is 13.5. The predicted octanol–water partition coefficient (Wildman–Crippen LogP) is -3.79. The minimum Gasteiger partial charge on any atom is -0.481 e. The standard InChI is InChI=1S/C15H24N4O10/c16-7(1-3-11(22)23)13(26)19-9(6-20)14(27)17-5-10(21)18-8(15(28)29)2-4-12(24)25/h7-9,20H,1-6,16H2,(H,17,27)(H,18,21)(H,19,26)(H,22,23)(H,24,25)(H,28,29). The van der Waals surface area contributed by atoms with Gasteiger partial charge in [0.05, 0.1) is 19.2 Å². The predicted molar refractivity (Wildman–Crippen MR) is 93.3 cm³/mol. The largest absolute Gasteiger partial charge is 0.481 e. The fourth-order valence-electron chi connectivity index (χ4n) is 1.94. The molecule has 0 aromatic rings. The van der Waals surface area contributed by atoms with E-state index >= 15 is 0 Å². The van der Waals surface area contributed by atoms with Crippen LogP contribution < -0.4 is 21.7 Å². The number of aliphatic carboxylic acids is 3. The van der Waals surface area contributed by atoms with Gasteiger partial charge in [-0.25, -0.2) is 4.79 Å². The second-order valence-corrected chi connectivity index (χ2v) is 5.89. The van der Waals surface area contributed by atoms with Gasteiger partial charge in [0.2, 0.25) is 17.7 Å². The van der Waals surface area contributed by atoms with E-state index in [0.29, 0.717) is 0 Å². The lowest BCUT2D eigenvalue weighted by molar-refractivity contribution is -0.143. The fraction of sp³-hybridized carbons (Fsp3) is 0.600. The lowest BCUT2D eigenvalue weighted by Gasteiger charge is -2.19. The van der Waals surface area contributed by atoms with Crippen LogP contribution in [0.15, 0.2) is 0 Å². The van der Waals surface area contributed by atoms with Gasteiger partial charge in [0.15, 0.2) is 0 Å². The molecule has 14 heteroatoms. The third kappa shape index (κ3) is 11.2. The molecule has 0 saturated heterocycles. The van der Waals surface area contributed by atoms with E-state index in [9.17, 15) is 33.9 Å². The van der Waals surface area contributed by atoms with Crippen LogP contribution in [0.1, 0.15) is 25.7 Å². The summed E-state index contributed by atoms with van der Waals surface area (Å²) in [4.78, 5) is 67.4. The number of amides is 3. The molecule has 0 saturated carbocycles. The van der Waals surface area contributed by atoms with Gasteiger partial charge in [-0.1, -0.05) is 0 Å². The first-order valence-corrected chi connectivity index (χ1v) is 8.38. The minimum absolute atomic E-state index is 0.198. The molecule has 0 rings (SSSR count). The number of rotatable bonds is 14. The summed E-state index contributed by atoms with van der Waals surface area (Å²) < 4.78 is 0. The van der Waals surface area contributed by atoms with Crippen LogP contribution >= 0.6 is 0 Å². The highest BCUT2D eigenvalue weighted by molar-refractivity contribution is 5.92. The smallest absolute Gasteiger partial charge is 0.326 e. The van der Waals surface area contributed by atoms with Gasteiger partial charge in [0.25, 0.3) is 0 Å². The Morgan fingerprint density at radius 3 is 1.83 bits per heavy atom. The number of hydrogen-bond acceptors (Lipinski definition) is 8. The highest BCUT2D eigenvalue weighted by Gasteiger charge is 2.25. The van der Waals surface area contributed by atoms with E-state index in [1.807, 2.05) is 5.32 Å². The number of nitrogens with two attached hydrogens (primary N) is 1. The maximum Gasteiger partial charge on any atom is 0.326 e. The monoisotopic (exact) mass is 420 g/mol. The van der Waals surface area contributed by atoms with E-state index in [4.69, 9.17) is 21.1 Å². The first-order valence-electron chi connectivity index (χ1n) is 8.38. The molecule has 0 aliphatic heterocycles. The molecule has 0 bridgehead atoms. The molecule has 29 heavy (non-hydrogen) atoms. The van der Waals surface area contributed by atoms with E-state index in [-0.39, 0.29) is 19.3 Å². The van der Waals surface area contributed by atoms with Crippen LogP contribution in [-0.2, 0) is 28.8 Å². The van der Waals surface area contributed by atoms with E-state index in [2.05, 4.69) is 10.6 Å². The molecule has 0 spiro atoms. The van der Waals surface area contributed by atoms with Crippen molar-refractivity contribution in [2.75, 3.05) is 13.2 Å². The van der Waals surface area contributed by atoms with Crippen LogP contribution in [0, 0.1) is 0 Å². The topological polar surface area (TPSA) is 245 Å². The van der Waals surface area contributed by atoms with Crippen molar-refractivity contribution in [1.82, 2.24) is 16.0 Å². The maximum absolute atomic E-state index is 11.9. The number of nitrogens with one attached hydrogen (secondary N) is 3. The lowest BCUT2D eigenvalue weighted by atomic mass is 10.1. The number of carboxylic acid groups (broad SMARTS) is 3. The van der Waals surface area contributed by atoms with E-state index < -0.39 is 73.3 Å². The summed E-state index contributed by atoms with van der Waals surface area (Å²) in [6, 6.07) is -4.19. The van der Waals surface area contributed by atoms with Crippen LogP contribution in [0.3, 0.4) is 0 Å². The Morgan fingerprint density at radius 2 is 1.34 bits per heavy atom. The molecule has 0 aromatic heterocycles. The summed E-state index contributed by atoms with van der Waals surface area (Å²) >= 11 is 0. The van der Waals surface area contributed by atoms with Gasteiger partial charge in [0.1, 0.15) is 12.1 Å². The van der Waals surface area contributed by atoms with Crippen molar-refractivity contribution in [2.24, 2.45) is 5.73 Å². The second-order valence-electron chi connectivity index (χ2n) is 5.89. The summed E-state index contributed by atoms with van der Waals surface area (Å²) in [5.74, 6) is -6.66. The van der Waals surface area contributed by atoms with Crippen LogP contribution in [0.2, 0.25) is 0 Å². The van der Waals surface area contributed by atoms with Crippen molar-refractivity contribution >= 4 is 35.6 Å². The van der Waals surface area contributed by atoms with Gasteiger partial charge in [0, 0.05) is 12.8 Å². The molecule has 0 aliphatic rings. The quantitative estimate of drug-likeness (QED) is 0.135. The van der Waals surface area contributed by atoms with Crippen molar-refractivity contribution in [3.63, 3.8) is 0 Å². The first kappa shape index (κ1) is 25.7. The molecule has 0 radical (unpaired) electrons. The maximum atomic E-state index is 11.9. The normalized spacial score (nSPS) is 13.4. The minimum atomic E-state index is -1.48. The molecule has 0 aromatic carbocycles. The number of carbonyl (C=O) groups is 6. The lowest BCUT2D eigenvalue weighted by Crippen LogP contribution is -2.54. The second kappa shape index (κ2) is 13.0. The van der Waals surface area contributed by atoms with Gasteiger partial charge < -0.3 is 42.1 Å². The van der Waals surface area contributed by atoms with Crippen LogP contribution in [-0.4, -0.2) is 87.3 Å². The van der Waals surface area contributed by atoms with Crippen molar-refractivity contribution in [3.05, 3.63) is 0 Å². The Balaban J connectivity index is 4.57. The van der Waals surface area contributed by atoms with Crippen molar-refractivity contribution in [2.45, 2.75) is 43.8 Å². The van der Waals surface area contributed by atoms with E-state index in [1.165, 1.54) is 0 Å². The average molecular weight is 420 g/mol. The Hall–Kier alpha value is -3.26. The van der Waals surface area contributed by atoms with Crippen molar-refractivity contribution < 1.29 is 49.2 Å². The van der Waals surface area contributed by atoms with Gasteiger partial charge in [-0.05, 0) is 12.8 Å². The number of hydrogen-bond donors (Lipinski definition) is 8. The Kier molecular flexibility index (Phi) is 11.5. The molecule has 0 heterocycles. The summed E-state index contributed by atoms with van der Waals surface area (Å²) in [6.45, 7) is -1.55. The van der Waals surface area contributed by atoms with Crippen molar-refractivity contribution in [3.8, 4) is 0 Å². The Labute approximate surface area is 164 Å². The summed E-state index contributed by atoms with van der Waals surface area (Å²) in [6.07, 6.45) is -1.44. The molecule has 14 nitrogen and oxygen atoms in total. The van der Waals surface area contributed by atoms with Gasteiger partial charge in [-0.2, -0.15) is 0 Å². The van der Waals surface area contributed by atoms with Gasteiger partial charge in [-0.3, -0.25) is 24.0 Å². The molecule has 0 fully saturated rings. The van der Waals surface area contributed by atoms with Gasteiger partial charge in [-0.15, -0.1) is 0 Å². The van der Waals surface area contributed by atoms with E-state index in [1.54, 1.807) is 0 Å². The molecule has 3 amide bonds. The molecule has 164 valence electrons. The fourth-order valence-corrected chi connectivity index (χ4v) is 1.94. The molecule has 0 aliphatic carbocycles. The summed E-state index contributed by atoms with van der Waals surface area (Å²) in [7, 11) is 0. The molecule has 9 N–H and O–H groups in total. The van der Waals surface area contributed by atoms with Gasteiger partial charge >= 0.3 is 17.9 Å². The average Bonchev–Trinajstić information content (AvgIpc) is 2.64. The third-order valence-corrected chi connectivity index (χ3v) is 3.52. The molecular weight excluding hydrogens is 396 g/mol.